The first-order valence-electron chi connectivity index (χ1n) is 8.33. The van der Waals surface area contributed by atoms with E-state index >= 15 is 0 Å². The molecule has 0 aromatic carbocycles. The van der Waals surface area contributed by atoms with Crippen LogP contribution in [0, 0.1) is 6.92 Å². The predicted octanol–water partition coefficient (Wildman–Crippen LogP) is 3.95. The first kappa shape index (κ1) is 15.6. The summed E-state index contributed by atoms with van der Waals surface area (Å²) in [4.78, 5) is 14.6. The lowest BCUT2D eigenvalue weighted by Crippen LogP contribution is -2.35. The summed E-state index contributed by atoms with van der Waals surface area (Å²) in [6.07, 6.45) is 5.55. The number of carbonyl (C=O) groups excluding carboxylic acids is 1. The summed E-state index contributed by atoms with van der Waals surface area (Å²) in [5, 5.41) is 6.79. The van der Waals surface area contributed by atoms with Crippen LogP contribution in [0.2, 0.25) is 0 Å². The summed E-state index contributed by atoms with van der Waals surface area (Å²) in [5.74, 6) is 1.72. The largest absolute Gasteiger partial charge is 0.469 e. The second-order valence-corrected chi connectivity index (χ2v) is 6.29. The Morgan fingerprint density at radius 2 is 2.28 bits per heavy atom. The molecule has 0 saturated carbocycles. The number of aryl methyl sites for hydroxylation is 2. The Morgan fingerprint density at radius 1 is 1.40 bits per heavy atom. The van der Waals surface area contributed by atoms with Gasteiger partial charge in [-0.25, -0.2) is 4.79 Å². The van der Waals surface area contributed by atoms with Crippen molar-refractivity contribution in [3.8, 4) is 11.3 Å². The Hall–Kier alpha value is -2.96. The van der Waals surface area contributed by atoms with Gasteiger partial charge in [-0.15, -0.1) is 0 Å². The van der Waals surface area contributed by atoms with Gasteiger partial charge in [0.05, 0.1) is 17.9 Å². The third-order valence-corrected chi connectivity index (χ3v) is 4.71. The minimum atomic E-state index is -0.160. The van der Waals surface area contributed by atoms with Gasteiger partial charge in [0, 0.05) is 31.5 Å². The Kier molecular flexibility index (Phi) is 3.83. The molecular weight excluding hydrogens is 320 g/mol. The summed E-state index contributed by atoms with van der Waals surface area (Å²) < 4.78 is 12.7. The molecule has 3 aromatic rings. The van der Waals surface area contributed by atoms with Crippen LogP contribution >= 0.6 is 0 Å². The molecule has 1 unspecified atom stereocenters. The number of furan rings is 1. The van der Waals surface area contributed by atoms with Crippen LogP contribution < -0.4 is 5.32 Å². The number of urea groups is 1. The molecule has 130 valence electrons. The number of likely N-dealkylation sites (tertiary alicyclic amines) is 1. The Bertz CT molecular complexity index is 892. The summed E-state index contributed by atoms with van der Waals surface area (Å²) in [7, 11) is 2.00. The predicted molar refractivity (Wildman–Crippen MR) is 92.1 cm³/mol. The zero-order chi connectivity index (χ0) is 17.4. The number of hydrogen-bond acceptors (Lipinski definition) is 4. The van der Waals surface area contributed by atoms with Crippen molar-refractivity contribution in [3.05, 3.63) is 48.2 Å². The highest BCUT2D eigenvalue weighted by molar-refractivity contribution is 5.89. The van der Waals surface area contributed by atoms with E-state index in [0.29, 0.717) is 11.6 Å². The number of anilines is 1. The molecule has 0 spiro atoms. The molecule has 0 aliphatic carbocycles. The van der Waals surface area contributed by atoms with Crippen molar-refractivity contribution in [2.45, 2.75) is 25.8 Å². The van der Waals surface area contributed by atoms with E-state index in [9.17, 15) is 4.79 Å². The van der Waals surface area contributed by atoms with E-state index in [0.717, 1.165) is 36.4 Å². The molecule has 3 aromatic heterocycles. The fraction of sp³-hybridized carbons (Fsp3) is 0.333. The summed E-state index contributed by atoms with van der Waals surface area (Å²) >= 11 is 0. The van der Waals surface area contributed by atoms with E-state index in [1.807, 2.05) is 37.2 Å². The first-order valence-corrected chi connectivity index (χ1v) is 8.33. The van der Waals surface area contributed by atoms with Crippen molar-refractivity contribution in [2.75, 3.05) is 11.9 Å². The summed E-state index contributed by atoms with van der Waals surface area (Å²) in [5.41, 5.74) is 1.97. The van der Waals surface area contributed by atoms with Gasteiger partial charge in [0.2, 0.25) is 0 Å². The molecule has 1 saturated heterocycles. The minimum Gasteiger partial charge on any atom is -0.469 e. The van der Waals surface area contributed by atoms with E-state index < -0.39 is 0 Å². The van der Waals surface area contributed by atoms with Crippen molar-refractivity contribution < 1.29 is 13.7 Å². The van der Waals surface area contributed by atoms with Gasteiger partial charge in [-0.05, 0) is 38.0 Å². The van der Waals surface area contributed by atoms with E-state index in [2.05, 4.69) is 21.1 Å². The number of amides is 2. The minimum absolute atomic E-state index is 0.0856. The normalized spacial score (nSPS) is 17.2. The third kappa shape index (κ3) is 2.82. The maximum atomic E-state index is 12.7. The molecule has 1 fully saturated rings. The lowest BCUT2D eigenvalue weighted by Gasteiger charge is -2.25. The van der Waals surface area contributed by atoms with Gasteiger partial charge in [0.1, 0.15) is 5.76 Å². The number of nitrogens with one attached hydrogen (secondary N) is 1. The Morgan fingerprint density at radius 3 is 3.00 bits per heavy atom. The van der Waals surface area contributed by atoms with Gasteiger partial charge in [-0.2, -0.15) is 0 Å². The standard InChI is InChI=1S/C18H20N4O3/c1-12-13(7-10-24-12)16-11-17(20-25-16)19-18(23)22-9-4-6-15(22)14-5-3-8-21(14)2/h3,5,7-8,10-11,15H,4,6,9H2,1-2H3,(H,19,20,23). The summed E-state index contributed by atoms with van der Waals surface area (Å²) in [6.45, 7) is 2.58. The molecular formula is C18H20N4O3. The molecule has 0 radical (unpaired) electrons. The van der Waals surface area contributed by atoms with Crippen LogP contribution in [0.1, 0.15) is 30.3 Å². The molecule has 4 heterocycles. The van der Waals surface area contributed by atoms with Crippen LogP contribution in [0.3, 0.4) is 0 Å². The molecule has 1 atom stereocenters. The fourth-order valence-electron chi connectivity index (χ4n) is 3.42. The van der Waals surface area contributed by atoms with Gasteiger partial charge < -0.3 is 18.4 Å². The van der Waals surface area contributed by atoms with E-state index in [1.54, 1.807) is 12.3 Å². The maximum absolute atomic E-state index is 12.7. The molecule has 0 bridgehead atoms. The highest BCUT2D eigenvalue weighted by Gasteiger charge is 2.31. The van der Waals surface area contributed by atoms with Gasteiger partial charge in [0.15, 0.2) is 11.6 Å². The smallest absolute Gasteiger partial charge is 0.323 e. The van der Waals surface area contributed by atoms with Crippen LogP contribution in [0.25, 0.3) is 11.3 Å². The third-order valence-electron chi connectivity index (χ3n) is 4.71. The van der Waals surface area contributed by atoms with Gasteiger partial charge >= 0.3 is 6.03 Å². The number of rotatable bonds is 3. The first-order chi connectivity index (χ1) is 12.1. The molecule has 4 rings (SSSR count). The second-order valence-electron chi connectivity index (χ2n) is 6.29. The summed E-state index contributed by atoms with van der Waals surface area (Å²) in [6, 6.07) is 7.51. The quantitative estimate of drug-likeness (QED) is 0.783. The van der Waals surface area contributed by atoms with Crippen molar-refractivity contribution in [1.82, 2.24) is 14.6 Å². The SMILES string of the molecule is Cc1occc1-c1cc(NC(=O)N2CCCC2c2cccn2C)no1. The molecule has 1 aliphatic rings. The highest BCUT2D eigenvalue weighted by Crippen LogP contribution is 2.33. The van der Waals surface area contributed by atoms with E-state index in [1.165, 1.54) is 0 Å². The average Bonchev–Trinajstić information content (AvgIpc) is 3.33. The molecule has 7 heteroatoms. The maximum Gasteiger partial charge on any atom is 0.323 e. The average molecular weight is 340 g/mol. The number of nitrogens with zero attached hydrogens (tertiary/aromatic N) is 3. The van der Waals surface area contributed by atoms with Gasteiger partial charge in [0.25, 0.3) is 0 Å². The van der Waals surface area contributed by atoms with Crippen LogP contribution in [-0.4, -0.2) is 27.2 Å². The zero-order valence-corrected chi connectivity index (χ0v) is 14.2. The van der Waals surface area contributed by atoms with Gasteiger partial charge in [-0.3, -0.25) is 5.32 Å². The molecule has 1 N–H and O–H groups in total. The highest BCUT2D eigenvalue weighted by atomic mass is 16.5. The second kappa shape index (κ2) is 6.16. The monoisotopic (exact) mass is 340 g/mol. The Labute approximate surface area is 145 Å². The molecule has 2 amide bonds. The van der Waals surface area contributed by atoms with Crippen molar-refractivity contribution >= 4 is 11.8 Å². The lowest BCUT2D eigenvalue weighted by atomic mass is 10.1. The van der Waals surface area contributed by atoms with Crippen molar-refractivity contribution in [1.29, 1.82) is 0 Å². The number of carbonyl (C=O) groups is 1. The van der Waals surface area contributed by atoms with Crippen LogP contribution in [0.15, 0.2) is 45.7 Å². The van der Waals surface area contributed by atoms with Crippen molar-refractivity contribution in [3.63, 3.8) is 0 Å². The molecule has 25 heavy (non-hydrogen) atoms. The molecule has 7 nitrogen and oxygen atoms in total. The topological polar surface area (TPSA) is 76.4 Å². The van der Waals surface area contributed by atoms with E-state index in [4.69, 9.17) is 8.94 Å². The van der Waals surface area contributed by atoms with Crippen LogP contribution in [0.5, 0.6) is 0 Å². The van der Waals surface area contributed by atoms with Crippen molar-refractivity contribution in [2.24, 2.45) is 7.05 Å². The lowest BCUT2D eigenvalue weighted by molar-refractivity contribution is 0.205. The van der Waals surface area contributed by atoms with Crippen LogP contribution in [0.4, 0.5) is 10.6 Å². The van der Waals surface area contributed by atoms with Crippen LogP contribution in [-0.2, 0) is 7.05 Å². The zero-order valence-electron chi connectivity index (χ0n) is 14.2. The number of aromatic nitrogens is 2. The number of hydrogen-bond donors (Lipinski definition) is 1. The fourth-order valence-corrected chi connectivity index (χ4v) is 3.42. The Balaban J connectivity index is 1.50. The van der Waals surface area contributed by atoms with Gasteiger partial charge in [-0.1, -0.05) is 5.16 Å². The molecule has 1 aliphatic heterocycles. The van der Waals surface area contributed by atoms with E-state index in [-0.39, 0.29) is 12.1 Å².